The van der Waals surface area contributed by atoms with Crippen LogP contribution in [0.2, 0.25) is 0 Å². The topological polar surface area (TPSA) is 24.9 Å². The summed E-state index contributed by atoms with van der Waals surface area (Å²) in [6.07, 6.45) is 4.03. The Hall–Kier alpha value is -1.35. The van der Waals surface area contributed by atoms with Gasteiger partial charge in [0.25, 0.3) is 0 Å². The molecule has 3 heteroatoms. The lowest BCUT2D eigenvalue weighted by Gasteiger charge is -2.08. The molecule has 18 heavy (non-hydrogen) atoms. The van der Waals surface area contributed by atoms with E-state index in [0.29, 0.717) is 0 Å². The first kappa shape index (κ1) is 13.1. The Balaban J connectivity index is 1.81. The van der Waals surface area contributed by atoms with Crippen molar-refractivity contribution in [1.82, 2.24) is 4.98 Å². The van der Waals surface area contributed by atoms with Crippen LogP contribution in [0, 0.1) is 6.92 Å². The van der Waals surface area contributed by atoms with Crippen LogP contribution < -0.4 is 5.32 Å². The van der Waals surface area contributed by atoms with E-state index >= 15 is 0 Å². The molecule has 0 fully saturated rings. The van der Waals surface area contributed by atoms with E-state index in [4.69, 9.17) is 0 Å². The first-order chi connectivity index (χ1) is 8.77. The second-order valence-electron chi connectivity index (χ2n) is 4.31. The lowest BCUT2D eigenvalue weighted by molar-refractivity contribution is 0.858. The number of benzene rings is 1. The van der Waals surface area contributed by atoms with Gasteiger partial charge in [0.05, 0.1) is 4.47 Å². The monoisotopic (exact) mass is 304 g/mol. The molecule has 0 aliphatic heterocycles. The molecule has 1 aromatic carbocycles. The van der Waals surface area contributed by atoms with Gasteiger partial charge in [-0.15, -0.1) is 0 Å². The van der Waals surface area contributed by atoms with Crippen LogP contribution >= 0.6 is 15.9 Å². The van der Waals surface area contributed by atoms with E-state index in [-0.39, 0.29) is 0 Å². The number of aromatic nitrogens is 1. The van der Waals surface area contributed by atoms with Crippen LogP contribution in [-0.2, 0) is 6.42 Å². The fourth-order valence-electron chi connectivity index (χ4n) is 1.81. The summed E-state index contributed by atoms with van der Waals surface area (Å²) in [5, 5.41) is 3.37. The van der Waals surface area contributed by atoms with Gasteiger partial charge in [-0.3, -0.25) is 0 Å². The molecular formula is C15H17BrN2. The summed E-state index contributed by atoms with van der Waals surface area (Å²) in [5.74, 6) is 0.933. The minimum atomic E-state index is 0.933. The average Bonchev–Trinajstić information content (AvgIpc) is 2.40. The number of rotatable bonds is 5. The van der Waals surface area contributed by atoms with Crippen LogP contribution in [0.1, 0.15) is 17.5 Å². The van der Waals surface area contributed by atoms with Gasteiger partial charge in [0.2, 0.25) is 0 Å². The Labute approximate surface area is 117 Å². The zero-order valence-electron chi connectivity index (χ0n) is 10.5. The molecule has 0 unspecified atom stereocenters. The van der Waals surface area contributed by atoms with E-state index in [0.717, 1.165) is 29.7 Å². The van der Waals surface area contributed by atoms with E-state index < -0.39 is 0 Å². The summed E-state index contributed by atoms with van der Waals surface area (Å²) >= 11 is 3.55. The fourth-order valence-corrected chi connectivity index (χ4v) is 2.18. The summed E-state index contributed by atoms with van der Waals surface area (Å²) < 4.78 is 1.06. The Kier molecular flexibility index (Phi) is 4.76. The third-order valence-electron chi connectivity index (χ3n) is 2.86. The van der Waals surface area contributed by atoms with Gasteiger partial charge in [0, 0.05) is 12.7 Å². The zero-order chi connectivity index (χ0) is 12.8. The van der Waals surface area contributed by atoms with Crippen LogP contribution in [0.5, 0.6) is 0 Å². The molecule has 1 heterocycles. The number of anilines is 1. The summed E-state index contributed by atoms with van der Waals surface area (Å²) in [6.45, 7) is 3.00. The zero-order valence-corrected chi connectivity index (χ0v) is 12.1. The Morgan fingerprint density at radius 3 is 2.72 bits per heavy atom. The molecule has 94 valence electrons. The molecule has 1 aromatic heterocycles. The highest BCUT2D eigenvalue weighted by Gasteiger charge is 2.02. The Bertz CT molecular complexity index is 497. The maximum Gasteiger partial charge on any atom is 0.140 e. The molecular weight excluding hydrogens is 288 g/mol. The van der Waals surface area contributed by atoms with Crippen LogP contribution in [-0.4, -0.2) is 11.5 Å². The molecule has 0 aliphatic rings. The van der Waals surface area contributed by atoms with Gasteiger partial charge >= 0.3 is 0 Å². The van der Waals surface area contributed by atoms with Crippen molar-refractivity contribution in [1.29, 1.82) is 0 Å². The average molecular weight is 305 g/mol. The molecule has 1 N–H and O–H groups in total. The number of nitrogens with one attached hydrogen (secondary N) is 1. The molecule has 0 aliphatic carbocycles. The van der Waals surface area contributed by atoms with Gasteiger partial charge in [-0.05, 0) is 52.9 Å². The summed E-state index contributed by atoms with van der Waals surface area (Å²) in [7, 11) is 0. The number of halogens is 1. The molecule has 0 spiro atoms. The number of nitrogens with zero attached hydrogens (tertiary/aromatic N) is 1. The third-order valence-corrected chi connectivity index (χ3v) is 3.86. The lowest BCUT2D eigenvalue weighted by Crippen LogP contribution is -2.05. The quantitative estimate of drug-likeness (QED) is 0.838. The van der Waals surface area contributed by atoms with Crippen molar-refractivity contribution < 1.29 is 0 Å². The first-order valence-electron chi connectivity index (χ1n) is 6.16. The van der Waals surface area contributed by atoms with Gasteiger partial charge in [0.1, 0.15) is 5.82 Å². The first-order valence-corrected chi connectivity index (χ1v) is 6.95. The van der Waals surface area contributed by atoms with Crippen LogP contribution in [0.15, 0.2) is 47.1 Å². The molecule has 2 aromatic rings. The van der Waals surface area contributed by atoms with Crippen molar-refractivity contribution in [2.45, 2.75) is 19.8 Å². The predicted molar refractivity (Wildman–Crippen MR) is 79.9 cm³/mol. The molecule has 0 radical (unpaired) electrons. The molecule has 0 saturated carbocycles. The summed E-state index contributed by atoms with van der Waals surface area (Å²) in [5.41, 5.74) is 2.59. The van der Waals surface area contributed by atoms with E-state index in [1.165, 1.54) is 11.1 Å². The summed E-state index contributed by atoms with van der Waals surface area (Å²) in [4.78, 5) is 4.33. The standard InChI is InChI=1S/C15H17BrN2/c1-12-9-11-18-15(14(12)16)17-10-5-8-13-6-3-2-4-7-13/h2-4,6-7,9,11H,5,8,10H2,1H3,(H,17,18). The minimum Gasteiger partial charge on any atom is -0.369 e. The smallest absolute Gasteiger partial charge is 0.140 e. The van der Waals surface area contributed by atoms with Gasteiger partial charge in [-0.25, -0.2) is 4.98 Å². The van der Waals surface area contributed by atoms with E-state index in [1.807, 2.05) is 12.3 Å². The molecule has 0 atom stereocenters. The highest BCUT2D eigenvalue weighted by atomic mass is 79.9. The normalized spacial score (nSPS) is 10.3. The van der Waals surface area contributed by atoms with Gasteiger partial charge in [-0.1, -0.05) is 30.3 Å². The van der Waals surface area contributed by atoms with E-state index in [9.17, 15) is 0 Å². The minimum absolute atomic E-state index is 0.933. The maximum atomic E-state index is 4.33. The maximum absolute atomic E-state index is 4.33. The molecule has 2 nitrogen and oxygen atoms in total. The SMILES string of the molecule is Cc1ccnc(NCCCc2ccccc2)c1Br. The van der Waals surface area contributed by atoms with Crippen molar-refractivity contribution in [3.8, 4) is 0 Å². The number of aryl methyl sites for hydroxylation is 2. The van der Waals surface area contributed by atoms with E-state index in [2.05, 4.69) is 63.5 Å². The van der Waals surface area contributed by atoms with Crippen molar-refractivity contribution in [2.75, 3.05) is 11.9 Å². The number of hydrogen-bond acceptors (Lipinski definition) is 2. The van der Waals surface area contributed by atoms with Crippen molar-refractivity contribution >= 4 is 21.7 Å². The number of hydrogen-bond donors (Lipinski definition) is 1. The Morgan fingerprint density at radius 2 is 1.94 bits per heavy atom. The Morgan fingerprint density at radius 1 is 1.17 bits per heavy atom. The van der Waals surface area contributed by atoms with Crippen LogP contribution in [0.4, 0.5) is 5.82 Å². The highest BCUT2D eigenvalue weighted by molar-refractivity contribution is 9.10. The van der Waals surface area contributed by atoms with Gasteiger partial charge < -0.3 is 5.32 Å². The van der Waals surface area contributed by atoms with Crippen LogP contribution in [0.25, 0.3) is 0 Å². The number of pyridine rings is 1. The predicted octanol–water partition coefficient (Wildman–Crippen LogP) is 4.20. The van der Waals surface area contributed by atoms with Crippen molar-refractivity contribution in [2.24, 2.45) is 0 Å². The molecule has 0 amide bonds. The van der Waals surface area contributed by atoms with Crippen molar-refractivity contribution in [3.05, 3.63) is 58.2 Å². The molecule has 0 bridgehead atoms. The molecule has 0 saturated heterocycles. The fraction of sp³-hybridized carbons (Fsp3) is 0.267. The van der Waals surface area contributed by atoms with Gasteiger partial charge in [-0.2, -0.15) is 0 Å². The van der Waals surface area contributed by atoms with Crippen molar-refractivity contribution in [3.63, 3.8) is 0 Å². The largest absolute Gasteiger partial charge is 0.369 e. The third kappa shape index (κ3) is 3.57. The second-order valence-corrected chi connectivity index (χ2v) is 5.10. The second kappa shape index (κ2) is 6.55. The van der Waals surface area contributed by atoms with Crippen LogP contribution in [0.3, 0.4) is 0 Å². The lowest BCUT2D eigenvalue weighted by atomic mass is 10.1. The highest BCUT2D eigenvalue weighted by Crippen LogP contribution is 2.23. The van der Waals surface area contributed by atoms with Gasteiger partial charge in [0.15, 0.2) is 0 Å². The summed E-state index contributed by atoms with van der Waals surface area (Å²) in [6, 6.07) is 12.6. The van der Waals surface area contributed by atoms with E-state index in [1.54, 1.807) is 0 Å². The molecule has 2 rings (SSSR count).